The van der Waals surface area contributed by atoms with E-state index in [9.17, 15) is 4.79 Å². The van der Waals surface area contributed by atoms with E-state index in [1.54, 1.807) is 13.0 Å². The average molecular weight is 223 g/mol. The molecule has 2 heterocycles. The molecule has 0 spiro atoms. The Morgan fingerprint density at radius 3 is 2.93 bits per heavy atom. The minimum Gasteiger partial charge on any atom is -0.465 e. The van der Waals surface area contributed by atoms with Gasteiger partial charge in [0.25, 0.3) is 0 Å². The molecule has 0 fully saturated rings. The second kappa shape index (κ2) is 3.47. The topological polar surface area (TPSA) is 78.1 Å². The number of ether oxygens (including phenoxy) is 1. The lowest BCUT2D eigenvalue weighted by Gasteiger charge is -2.00. The van der Waals surface area contributed by atoms with Crippen LogP contribution in [0, 0.1) is 6.92 Å². The normalized spacial score (nSPS) is 10.5. The van der Waals surface area contributed by atoms with E-state index in [0.29, 0.717) is 26.7 Å². The number of hydrogen-bond donors (Lipinski definition) is 1. The van der Waals surface area contributed by atoms with Gasteiger partial charge >= 0.3 is 5.97 Å². The number of carbonyl (C=O) groups excluding carboxylic acids is 1. The molecule has 0 aromatic carbocycles. The number of pyridine rings is 1. The highest BCUT2D eigenvalue weighted by atomic mass is 32.1. The van der Waals surface area contributed by atoms with Crippen LogP contribution in [0.2, 0.25) is 0 Å². The SMILES string of the molecule is COC(=O)c1cc(C)nc2nc(N)sc12. The first-order valence-corrected chi connectivity index (χ1v) is 5.05. The van der Waals surface area contributed by atoms with Gasteiger partial charge in [-0.3, -0.25) is 0 Å². The van der Waals surface area contributed by atoms with E-state index in [-0.39, 0.29) is 0 Å². The highest BCUT2D eigenvalue weighted by Gasteiger charge is 2.15. The summed E-state index contributed by atoms with van der Waals surface area (Å²) in [6, 6.07) is 1.67. The van der Waals surface area contributed by atoms with Gasteiger partial charge in [-0.25, -0.2) is 14.8 Å². The zero-order chi connectivity index (χ0) is 11.0. The molecule has 0 saturated carbocycles. The van der Waals surface area contributed by atoms with Gasteiger partial charge in [0, 0.05) is 5.69 Å². The number of nitrogens with zero attached hydrogens (tertiary/aromatic N) is 2. The molecule has 2 aromatic rings. The van der Waals surface area contributed by atoms with Gasteiger partial charge in [0.2, 0.25) is 0 Å². The summed E-state index contributed by atoms with van der Waals surface area (Å²) in [7, 11) is 1.34. The van der Waals surface area contributed by atoms with Crippen molar-refractivity contribution in [3.8, 4) is 0 Å². The third-order valence-corrected chi connectivity index (χ3v) is 2.82. The van der Waals surface area contributed by atoms with Crippen LogP contribution in [0.5, 0.6) is 0 Å². The van der Waals surface area contributed by atoms with Crippen LogP contribution in [0.25, 0.3) is 10.3 Å². The summed E-state index contributed by atoms with van der Waals surface area (Å²) in [6.07, 6.45) is 0. The van der Waals surface area contributed by atoms with Gasteiger partial charge < -0.3 is 10.5 Å². The smallest absolute Gasteiger partial charge is 0.339 e. The number of rotatable bonds is 1. The molecule has 0 unspecified atom stereocenters. The molecule has 0 amide bonds. The Bertz CT molecular complexity index is 535. The monoisotopic (exact) mass is 223 g/mol. The third-order valence-electron chi connectivity index (χ3n) is 1.91. The summed E-state index contributed by atoms with van der Waals surface area (Å²) < 4.78 is 5.35. The van der Waals surface area contributed by atoms with Gasteiger partial charge in [-0.15, -0.1) is 0 Å². The number of carbonyl (C=O) groups is 1. The summed E-state index contributed by atoms with van der Waals surface area (Å²) in [5.41, 5.74) is 7.25. The maximum absolute atomic E-state index is 11.5. The van der Waals surface area contributed by atoms with Gasteiger partial charge in [0.05, 0.1) is 17.4 Å². The van der Waals surface area contributed by atoms with Crippen molar-refractivity contribution in [1.82, 2.24) is 9.97 Å². The number of hydrogen-bond acceptors (Lipinski definition) is 6. The van der Waals surface area contributed by atoms with Gasteiger partial charge in [-0.05, 0) is 13.0 Å². The fraction of sp³-hybridized carbons (Fsp3) is 0.222. The summed E-state index contributed by atoms with van der Waals surface area (Å²) in [4.78, 5) is 19.7. The predicted molar refractivity (Wildman–Crippen MR) is 57.9 cm³/mol. The molecular formula is C9H9N3O2S. The number of nitrogens with two attached hydrogens (primary N) is 1. The molecule has 15 heavy (non-hydrogen) atoms. The van der Waals surface area contributed by atoms with Crippen molar-refractivity contribution in [3.63, 3.8) is 0 Å². The average Bonchev–Trinajstić information content (AvgIpc) is 2.55. The van der Waals surface area contributed by atoms with Crippen LogP contribution in [0.15, 0.2) is 6.07 Å². The molecule has 2 rings (SSSR count). The summed E-state index contributed by atoms with van der Waals surface area (Å²) in [6.45, 7) is 1.79. The molecule has 0 aliphatic rings. The molecule has 2 aromatic heterocycles. The Morgan fingerprint density at radius 2 is 2.27 bits per heavy atom. The highest BCUT2D eigenvalue weighted by molar-refractivity contribution is 7.22. The molecule has 0 radical (unpaired) electrons. The Kier molecular flexibility index (Phi) is 2.28. The van der Waals surface area contributed by atoms with E-state index in [2.05, 4.69) is 14.7 Å². The number of aromatic nitrogens is 2. The molecule has 2 N–H and O–H groups in total. The fourth-order valence-corrected chi connectivity index (χ4v) is 2.09. The van der Waals surface area contributed by atoms with E-state index < -0.39 is 5.97 Å². The van der Waals surface area contributed by atoms with E-state index in [4.69, 9.17) is 5.73 Å². The summed E-state index contributed by atoms with van der Waals surface area (Å²) >= 11 is 1.23. The summed E-state index contributed by atoms with van der Waals surface area (Å²) in [5, 5.41) is 0.397. The Hall–Kier alpha value is -1.69. The van der Waals surface area contributed by atoms with Crippen molar-refractivity contribution < 1.29 is 9.53 Å². The van der Waals surface area contributed by atoms with Crippen LogP contribution in [-0.4, -0.2) is 23.0 Å². The van der Waals surface area contributed by atoms with Crippen LogP contribution in [0.1, 0.15) is 16.1 Å². The molecule has 5 nitrogen and oxygen atoms in total. The molecule has 0 saturated heterocycles. The first-order chi connectivity index (χ1) is 7.11. The van der Waals surface area contributed by atoms with Crippen LogP contribution >= 0.6 is 11.3 Å². The summed E-state index contributed by atoms with van der Waals surface area (Å²) in [5.74, 6) is -0.394. The lowest BCUT2D eigenvalue weighted by Crippen LogP contribution is -2.02. The highest BCUT2D eigenvalue weighted by Crippen LogP contribution is 2.26. The molecule has 6 heteroatoms. The quantitative estimate of drug-likeness (QED) is 0.739. The van der Waals surface area contributed by atoms with Crippen LogP contribution in [0.3, 0.4) is 0 Å². The number of aryl methyl sites for hydroxylation is 1. The van der Waals surface area contributed by atoms with Crippen molar-refractivity contribution in [2.45, 2.75) is 6.92 Å². The van der Waals surface area contributed by atoms with Crippen LogP contribution < -0.4 is 5.73 Å². The maximum atomic E-state index is 11.5. The van der Waals surface area contributed by atoms with E-state index in [1.165, 1.54) is 18.4 Å². The number of methoxy groups -OCH3 is 1. The minimum absolute atomic E-state index is 0.394. The largest absolute Gasteiger partial charge is 0.465 e. The fourth-order valence-electron chi connectivity index (χ4n) is 1.31. The van der Waals surface area contributed by atoms with Crippen molar-refractivity contribution >= 4 is 32.8 Å². The molecule has 78 valence electrons. The zero-order valence-corrected chi connectivity index (χ0v) is 9.09. The molecule has 0 bridgehead atoms. The number of fused-ring (bicyclic) bond motifs is 1. The first kappa shape index (κ1) is 9.85. The Morgan fingerprint density at radius 1 is 1.53 bits per heavy atom. The number of anilines is 1. The lowest BCUT2D eigenvalue weighted by molar-refractivity contribution is 0.0603. The van der Waals surface area contributed by atoms with Gasteiger partial charge in [0.1, 0.15) is 0 Å². The number of nitrogen functional groups attached to an aromatic ring is 1. The second-order valence-corrected chi connectivity index (χ2v) is 4.04. The van der Waals surface area contributed by atoms with Crippen LogP contribution in [0.4, 0.5) is 5.13 Å². The van der Waals surface area contributed by atoms with E-state index in [1.807, 2.05) is 0 Å². The number of esters is 1. The molecule has 0 aliphatic heterocycles. The molecular weight excluding hydrogens is 214 g/mol. The Balaban J connectivity index is 2.75. The van der Waals surface area contributed by atoms with E-state index >= 15 is 0 Å². The lowest BCUT2D eigenvalue weighted by atomic mass is 10.2. The molecule has 0 atom stereocenters. The minimum atomic E-state index is -0.394. The van der Waals surface area contributed by atoms with Crippen molar-refractivity contribution in [2.75, 3.05) is 12.8 Å². The first-order valence-electron chi connectivity index (χ1n) is 4.24. The van der Waals surface area contributed by atoms with Crippen molar-refractivity contribution in [2.24, 2.45) is 0 Å². The maximum Gasteiger partial charge on any atom is 0.339 e. The van der Waals surface area contributed by atoms with E-state index in [0.717, 1.165) is 0 Å². The van der Waals surface area contributed by atoms with Gasteiger partial charge in [-0.2, -0.15) is 0 Å². The number of thiazole rings is 1. The van der Waals surface area contributed by atoms with Crippen molar-refractivity contribution in [3.05, 3.63) is 17.3 Å². The third kappa shape index (κ3) is 1.63. The Labute approximate surface area is 89.9 Å². The molecule has 0 aliphatic carbocycles. The zero-order valence-electron chi connectivity index (χ0n) is 8.27. The standard InChI is InChI=1S/C9H9N3O2S/c1-4-3-5(8(13)14-2)6-7(11-4)12-9(10)15-6/h3H,1-2H3,(H2,10,11,12). The van der Waals surface area contributed by atoms with Crippen LogP contribution in [-0.2, 0) is 4.74 Å². The predicted octanol–water partition coefficient (Wildman–Crippen LogP) is 1.37. The van der Waals surface area contributed by atoms with Crippen molar-refractivity contribution in [1.29, 1.82) is 0 Å². The van der Waals surface area contributed by atoms with Gasteiger partial charge in [-0.1, -0.05) is 11.3 Å². The second-order valence-electron chi connectivity index (χ2n) is 3.01. The van der Waals surface area contributed by atoms with Gasteiger partial charge in [0.15, 0.2) is 10.8 Å².